The van der Waals surface area contributed by atoms with E-state index in [4.69, 9.17) is 9.57 Å². The highest BCUT2D eigenvalue weighted by Crippen LogP contribution is 2.25. The Bertz CT molecular complexity index is 1200. The summed E-state index contributed by atoms with van der Waals surface area (Å²) in [6, 6.07) is 22.1. The molecule has 1 unspecified atom stereocenters. The van der Waals surface area contributed by atoms with Gasteiger partial charge >= 0.3 is 0 Å². The number of sulfonamides is 1. The molecule has 0 saturated carbocycles. The van der Waals surface area contributed by atoms with Crippen molar-refractivity contribution in [1.82, 2.24) is 4.72 Å². The zero-order valence-corrected chi connectivity index (χ0v) is 21.1. The van der Waals surface area contributed by atoms with E-state index in [0.717, 1.165) is 22.4 Å². The third-order valence-electron chi connectivity index (χ3n) is 5.44. The molecule has 180 valence electrons. The van der Waals surface area contributed by atoms with Crippen molar-refractivity contribution in [2.45, 2.75) is 44.1 Å². The summed E-state index contributed by atoms with van der Waals surface area (Å²) in [6.45, 7) is 8.38. The molecule has 0 heterocycles. The van der Waals surface area contributed by atoms with Gasteiger partial charge in [0.1, 0.15) is 5.75 Å². The fourth-order valence-corrected chi connectivity index (χ4v) is 4.29. The van der Waals surface area contributed by atoms with E-state index in [2.05, 4.69) is 30.6 Å². The highest BCUT2D eigenvalue weighted by Gasteiger charge is 2.21. The highest BCUT2D eigenvalue weighted by atomic mass is 32.2. The Morgan fingerprint density at radius 1 is 0.941 bits per heavy atom. The zero-order chi connectivity index (χ0) is 24.8. The molecule has 3 aromatic rings. The third-order valence-corrected chi connectivity index (χ3v) is 6.88. The first-order valence-electron chi connectivity index (χ1n) is 11.1. The van der Waals surface area contributed by atoms with Gasteiger partial charge in [-0.1, -0.05) is 67.9 Å². The quantitative estimate of drug-likeness (QED) is 0.330. The molecule has 0 fully saturated rings. The summed E-state index contributed by atoms with van der Waals surface area (Å²) in [5.41, 5.74) is 3.84. The van der Waals surface area contributed by atoms with Crippen molar-refractivity contribution in [3.05, 3.63) is 95.1 Å². The first kappa shape index (κ1) is 25.5. The Kier molecular flexibility index (Phi) is 8.12. The summed E-state index contributed by atoms with van der Waals surface area (Å²) in [6.07, 6.45) is 0.980. The molecular formula is C27H32N2O4S. The van der Waals surface area contributed by atoms with Crippen LogP contribution in [0.15, 0.2) is 82.8 Å². The van der Waals surface area contributed by atoms with Gasteiger partial charge in [0.05, 0.1) is 24.8 Å². The van der Waals surface area contributed by atoms with Crippen LogP contribution in [0.25, 0.3) is 0 Å². The molecule has 6 nitrogen and oxygen atoms in total. The Balaban J connectivity index is 1.79. The number of nitrogens with zero attached hydrogens (tertiary/aromatic N) is 1. The van der Waals surface area contributed by atoms with Gasteiger partial charge in [-0.25, -0.2) is 13.1 Å². The van der Waals surface area contributed by atoms with Crippen LogP contribution >= 0.6 is 0 Å². The van der Waals surface area contributed by atoms with Crippen molar-refractivity contribution < 1.29 is 18.0 Å². The number of rotatable bonds is 9. The van der Waals surface area contributed by atoms with Gasteiger partial charge in [0, 0.05) is 0 Å². The van der Waals surface area contributed by atoms with E-state index in [1.807, 2.05) is 55.5 Å². The lowest BCUT2D eigenvalue weighted by Crippen LogP contribution is -2.29. The molecule has 7 heteroatoms. The molecule has 3 aromatic carbocycles. The average molecular weight is 481 g/mol. The second kappa shape index (κ2) is 10.8. The molecule has 0 amide bonds. The lowest BCUT2D eigenvalue weighted by atomic mass is 9.86. The van der Waals surface area contributed by atoms with Gasteiger partial charge in [0.2, 0.25) is 10.0 Å². The van der Waals surface area contributed by atoms with Gasteiger partial charge in [-0.05, 0) is 65.4 Å². The SMILES string of the molecule is COc1ccc(/C=N/OC(CNS(=O)(=O)c2ccc(C)cc2)c2ccc(C(C)(C)C)cc2)cc1. The molecule has 0 bridgehead atoms. The molecule has 0 saturated heterocycles. The maximum atomic E-state index is 12.8. The smallest absolute Gasteiger partial charge is 0.240 e. The van der Waals surface area contributed by atoms with Crippen LogP contribution in [0.1, 0.15) is 49.1 Å². The zero-order valence-electron chi connectivity index (χ0n) is 20.3. The molecule has 0 aliphatic rings. The van der Waals surface area contributed by atoms with Gasteiger partial charge in [-0.3, -0.25) is 0 Å². The molecule has 3 rings (SSSR count). The minimum Gasteiger partial charge on any atom is -0.497 e. The van der Waals surface area contributed by atoms with Crippen molar-refractivity contribution in [1.29, 1.82) is 0 Å². The van der Waals surface area contributed by atoms with Crippen molar-refractivity contribution in [3.8, 4) is 5.75 Å². The number of methoxy groups -OCH3 is 1. The third kappa shape index (κ3) is 6.92. The lowest BCUT2D eigenvalue weighted by Gasteiger charge is -2.21. The fraction of sp³-hybridized carbons (Fsp3) is 0.296. The number of hydrogen-bond donors (Lipinski definition) is 1. The standard InChI is InChI=1S/C27H32N2O4S/c1-20-6-16-25(17-7-20)34(30,31)29-19-26(22-10-12-23(13-11-22)27(2,3)4)33-28-18-21-8-14-24(32-5)15-9-21/h6-18,26,29H,19H2,1-5H3/b28-18+. The minimum atomic E-state index is -3.69. The normalized spacial score (nSPS) is 13.1. The Morgan fingerprint density at radius 2 is 1.56 bits per heavy atom. The van der Waals surface area contributed by atoms with E-state index in [9.17, 15) is 8.42 Å². The highest BCUT2D eigenvalue weighted by molar-refractivity contribution is 7.89. The van der Waals surface area contributed by atoms with E-state index in [1.54, 1.807) is 37.6 Å². The van der Waals surface area contributed by atoms with Gasteiger partial charge in [0.15, 0.2) is 6.10 Å². The molecule has 1 N–H and O–H groups in total. The van der Waals surface area contributed by atoms with E-state index in [1.165, 1.54) is 5.56 Å². The van der Waals surface area contributed by atoms with Crippen molar-refractivity contribution in [2.24, 2.45) is 5.16 Å². The molecule has 0 aliphatic heterocycles. The van der Waals surface area contributed by atoms with Crippen LogP contribution in [-0.4, -0.2) is 28.3 Å². The number of benzene rings is 3. The summed E-state index contributed by atoms with van der Waals surface area (Å²) in [7, 11) is -2.08. The number of ether oxygens (including phenoxy) is 1. The van der Waals surface area contributed by atoms with E-state index < -0.39 is 16.1 Å². The average Bonchev–Trinajstić information content (AvgIpc) is 2.81. The Labute approximate surface area is 202 Å². The van der Waals surface area contributed by atoms with Crippen LogP contribution in [0.2, 0.25) is 0 Å². The number of nitrogens with one attached hydrogen (secondary N) is 1. The van der Waals surface area contributed by atoms with Gasteiger partial charge < -0.3 is 9.57 Å². The molecule has 34 heavy (non-hydrogen) atoms. The van der Waals surface area contributed by atoms with Crippen LogP contribution in [0.5, 0.6) is 5.75 Å². The van der Waals surface area contributed by atoms with Gasteiger partial charge in [-0.2, -0.15) is 0 Å². The molecule has 1 atom stereocenters. The number of oxime groups is 1. The lowest BCUT2D eigenvalue weighted by molar-refractivity contribution is 0.0634. The maximum Gasteiger partial charge on any atom is 0.240 e. The molecular weight excluding hydrogens is 448 g/mol. The number of hydrogen-bond acceptors (Lipinski definition) is 5. The molecule has 0 aromatic heterocycles. The molecule has 0 radical (unpaired) electrons. The van der Waals surface area contributed by atoms with Crippen LogP contribution in [0, 0.1) is 6.92 Å². The largest absolute Gasteiger partial charge is 0.497 e. The summed E-state index contributed by atoms with van der Waals surface area (Å²) in [5, 5.41) is 4.13. The topological polar surface area (TPSA) is 77.0 Å². The molecule has 0 spiro atoms. The maximum absolute atomic E-state index is 12.8. The fourth-order valence-electron chi connectivity index (χ4n) is 3.25. The van der Waals surface area contributed by atoms with Gasteiger partial charge in [0.25, 0.3) is 0 Å². The summed E-state index contributed by atoms with van der Waals surface area (Å²) in [4.78, 5) is 5.99. The Morgan fingerprint density at radius 3 is 2.12 bits per heavy atom. The predicted octanol–water partition coefficient (Wildman–Crippen LogP) is 5.37. The minimum absolute atomic E-state index is 0.00837. The monoisotopic (exact) mass is 480 g/mol. The van der Waals surface area contributed by atoms with Crippen molar-refractivity contribution in [2.75, 3.05) is 13.7 Å². The van der Waals surface area contributed by atoms with Crippen LogP contribution in [0.4, 0.5) is 0 Å². The van der Waals surface area contributed by atoms with E-state index in [0.29, 0.717) is 0 Å². The Hall–Kier alpha value is -3.16. The van der Waals surface area contributed by atoms with E-state index >= 15 is 0 Å². The summed E-state index contributed by atoms with van der Waals surface area (Å²) >= 11 is 0. The van der Waals surface area contributed by atoms with Gasteiger partial charge in [-0.15, -0.1) is 0 Å². The van der Waals surface area contributed by atoms with Crippen LogP contribution < -0.4 is 9.46 Å². The second-order valence-corrected chi connectivity index (χ2v) is 10.9. The van der Waals surface area contributed by atoms with Crippen LogP contribution in [-0.2, 0) is 20.3 Å². The summed E-state index contributed by atoms with van der Waals surface area (Å²) in [5.74, 6) is 0.750. The first-order chi connectivity index (χ1) is 16.1. The first-order valence-corrected chi connectivity index (χ1v) is 12.6. The van der Waals surface area contributed by atoms with E-state index in [-0.39, 0.29) is 16.9 Å². The predicted molar refractivity (Wildman–Crippen MR) is 136 cm³/mol. The van der Waals surface area contributed by atoms with Crippen LogP contribution in [0.3, 0.4) is 0 Å². The van der Waals surface area contributed by atoms with Crippen molar-refractivity contribution in [3.63, 3.8) is 0 Å². The molecule has 0 aliphatic carbocycles. The second-order valence-electron chi connectivity index (χ2n) is 9.14. The number of aryl methyl sites for hydroxylation is 1. The summed E-state index contributed by atoms with van der Waals surface area (Å²) < 4.78 is 33.4. The van der Waals surface area contributed by atoms with Crippen molar-refractivity contribution >= 4 is 16.2 Å².